The molecule has 0 radical (unpaired) electrons. The highest BCUT2D eigenvalue weighted by molar-refractivity contribution is 5.87. The Hall–Kier alpha value is -2.60. The molecule has 3 N–H and O–H groups in total. The zero-order valence-corrected chi connectivity index (χ0v) is 28.1. The number of phenolic OH excluding ortho intramolecular Hbond substituents is 1. The molecule has 0 bridgehead atoms. The van der Waals surface area contributed by atoms with Crippen LogP contribution >= 0.6 is 0 Å². The SMILES string of the molecule is CC1CC[C@]2(C(=O)O)CCC3(COC(=O)/C=C\c4ccc(O)cc4)C(=CCC4[C@@]5(C)CC[C@H](O)C(C)(C)C5CC[C@]43C)[C@@H]2[C@H]1C. The summed E-state index contributed by atoms with van der Waals surface area (Å²) in [4.78, 5) is 26.5. The number of allylic oxidation sites excluding steroid dienone is 1. The van der Waals surface area contributed by atoms with Crippen LogP contribution in [0.2, 0.25) is 0 Å². The van der Waals surface area contributed by atoms with E-state index in [0.717, 1.165) is 44.1 Å². The zero-order valence-electron chi connectivity index (χ0n) is 28.1. The molecule has 6 rings (SSSR count). The van der Waals surface area contributed by atoms with Crippen molar-refractivity contribution in [2.45, 2.75) is 105 Å². The number of carboxylic acid groups (broad SMARTS) is 1. The first-order chi connectivity index (χ1) is 21.1. The van der Waals surface area contributed by atoms with Gasteiger partial charge < -0.3 is 20.1 Å². The minimum Gasteiger partial charge on any atom is -0.508 e. The van der Waals surface area contributed by atoms with Crippen LogP contribution in [0.15, 0.2) is 42.0 Å². The molecule has 0 spiro atoms. The van der Waals surface area contributed by atoms with Gasteiger partial charge in [0.15, 0.2) is 0 Å². The summed E-state index contributed by atoms with van der Waals surface area (Å²) in [5, 5.41) is 31.6. The fraction of sp³-hybridized carbons (Fsp3) is 0.692. The van der Waals surface area contributed by atoms with Gasteiger partial charge in [-0.05, 0) is 127 Å². The molecule has 4 unspecified atom stereocenters. The maximum Gasteiger partial charge on any atom is 0.330 e. The van der Waals surface area contributed by atoms with Crippen LogP contribution in [-0.2, 0) is 14.3 Å². The Labute approximate surface area is 269 Å². The Morgan fingerprint density at radius 3 is 2.33 bits per heavy atom. The molecule has 0 amide bonds. The number of aromatic hydroxyl groups is 1. The van der Waals surface area contributed by atoms with E-state index in [1.54, 1.807) is 30.3 Å². The number of fused-ring (bicyclic) bond motifs is 7. The number of aliphatic hydroxyl groups excluding tert-OH is 1. The van der Waals surface area contributed by atoms with E-state index >= 15 is 0 Å². The van der Waals surface area contributed by atoms with Crippen molar-refractivity contribution >= 4 is 18.0 Å². The van der Waals surface area contributed by atoms with Gasteiger partial charge in [-0.2, -0.15) is 0 Å². The lowest BCUT2D eigenvalue weighted by molar-refractivity contribution is -0.218. The summed E-state index contributed by atoms with van der Waals surface area (Å²) >= 11 is 0. The summed E-state index contributed by atoms with van der Waals surface area (Å²) in [6.07, 6.45) is 12.9. The van der Waals surface area contributed by atoms with Crippen molar-refractivity contribution in [2.24, 2.45) is 56.7 Å². The number of aliphatic hydroxyl groups is 1. The second-order valence-electron chi connectivity index (χ2n) is 16.8. The molecule has 10 atom stereocenters. The largest absolute Gasteiger partial charge is 0.508 e. The van der Waals surface area contributed by atoms with Crippen molar-refractivity contribution in [3.63, 3.8) is 0 Å². The molecule has 1 aromatic carbocycles. The summed E-state index contributed by atoms with van der Waals surface area (Å²) in [6.45, 7) is 14.2. The fourth-order valence-corrected chi connectivity index (χ4v) is 12.0. The molecule has 4 fully saturated rings. The van der Waals surface area contributed by atoms with Crippen LogP contribution < -0.4 is 0 Å². The number of hydrogen-bond donors (Lipinski definition) is 3. The zero-order chi connectivity index (χ0) is 32.6. The van der Waals surface area contributed by atoms with Crippen LogP contribution in [0, 0.1) is 56.7 Å². The molecular formula is C39H54O6. The number of rotatable bonds is 5. The van der Waals surface area contributed by atoms with E-state index in [9.17, 15) is 24.9 Å². The van der Waals surface area contributed by atoms with Gasteiger partial charge in [0.25, 0.3) is 0 Å². The van der Waals surface area contributed by atoms with E-state index in [-0.39, 0.29) is 46.5 Å². The van der Waals surface area contributed by atoms with Crippen molar-refractivity contribution in [3.8, 4) is 5.75 Å². The maximum absolute atomic E-state index is 13.3. The Bertz CT molecular complexity index is 1390. The van der Waals surface area contributed by atoms with E-state index in [1.807, 2.05) is 0 Å². The summed E-state index contributed by atoms with van der Waals surface area (Å²) in [7, 11) is 0. The van der Waals surface area contributed by atoms with Crippen LogP contribution in [-0.4, -0.2) is 40.0 Å². The van der Waals surface area contributed by atoms with Gasteiger partial charge in [-0.25, -0.2) is 4.79 Å². The van der Waals surface area contributed by atoms with E-state index in [1.165, 1.54) is 11.6 Å². The molecule has 4 saturated carbocycles. The molecule has 1 aromatic rings. The molecule has 246 valence electrons. The lowest BCUT2D eigenvalue weighted by Gasteiger charge is -2.71. The van der Waals surface area contributed by atoms with Gasteiger partial charge in [0, 0.05) is 11.5 Å². The second kappa shape index (κ2) is 11.0. The molecule has 0 saturated heterocycles. The number of carbonyl (C=O) groups excluding carboxylic acids is 1. The first-order valence-electron chi connectivity index (χ1n) is 17.4. The number of benzene rings is 1. The van der Waals surface area contributed by atoms with E-state index in [4.69, 9.17) is 4.74 Å². The predicted octanol–water partition coefficient (Wildman–Crippen LogP) is 8.03. The topological polar surface area (TPSA) is 104 Å². The van der Waals surface area contributed by atoms with E-state index in [0.29, 0.717) is 37.0 Å². The van der Waals surface area contributed by atoms with Gasteiger partial charge in [-0.15, -0.1) is 0 Å². The Balaban J connectivity index is 1.42. The van der Waals surface area contributed by atoms with Crippen LogP contribution in [0.5, 0.6) is 5.75 Å². The van der Waals surface area contributed by atoms with Gasteiger partial charge >= 0.3 is 11.9 Å². The van der Waals surface area contributed by atoms with Crippen molar-refractivity contribution in [2.75, 3.05) is 6.61 Å². The highest BCUT2D eigenvalue weighted by Crippen LogP contribution is 2.76. The van der Waals surface area contributed by atoms with Crippen LogP contribution in [0.1, 0.15) is 105 Å². The van der Waals surface area contributed by atoms with Crippen molar-refractivity contribution in [1.29, 1.82) is 0 Å². The van der Waals surface area contributed by atoms with Crippen LogP contribution in [0.3, 0.4) is 0 Å². The van der Waals surface area contributed by atoms with Gasteiger partial charge in [-0.1, -0.05) is 65.3 Å². The average Bonchev–Trinajstić information content (AvgIpc) is 2.99. The molecule has 5 aliphatic rings. The Kier molecular flexibility index (Phi) is 7.90. The lowest BCUT2D eigenvalue weighted by Crippen LogP contribution is -2.67. The maximum atomic E-state index is 13.3. The third-order valence-electron chi connectivity index (χ3n) is 14.8. The first-order valence-corrected chi connectivity index (χ1v) is 17.4. The monoisotopic (exact) mass is 618 g/mol. The highest BCUT2D eigenvalue weighted by atomic mass is 16.5. The summed E-state index contributed by atoms with van der Waals surface area (Å²) in [6, 6.07) is 6.70. The summed E-state index contributed by atoms with van der Waals surface area (Å²) in [5.74, 6) is 0.422. The van der Waals surface area contributed by atoms with Crippen LogP contribution in [0.4, 0.5) is 0 Å². The molecule has 0 aromatic heterocycles. The summed E-state index contributed by atoms with van der Waals surface area (Å²) in [5.41, 5.74) is 0.520. The summed E-state index contributed by atoms with van der Waals surface area (Å²) < 4.78 is 6.26. The molecule has 5 aliphatic carbocycles. The molecule has 6 heteroatoms. The first kappa shape index (κ1) is 32.3. The van der Waals surface area contributed by atoms with Gasteiger partial charge in [0.2, 0.25) is 0 Å². The Morgan fingerprint density at radius 2 is 1.64 bits per heavy atom. The number of aliphatic carboxylic acids is 1. The van der Waals surface area contributed by atoms with Crippen molar-refractivity contribution in [1.82, 2.24) is 0 Å². The third-order valence-corrected chi connectivity index (χ3v) is 14.8. The number of ether oxygens (including phenoxy) is 1. The number of carboxylic acids is 1. The minimum atomic E-state index is -0.773. The third kappa shape index (κ3) is 4.66. The normalized spacial score (nSPS) is 43.7. The molecule has 0 heterocycles. The quantitative estimate of drug-likeness (QED) is 0.175. The van der Waals surface area contributed by atoms with E-state index < -0.39 is 22.8 Å². The number of esters is 1. The molecule has 45 heavy (non-hydrogen) atoms. The predicted molar refractivity (Wildman–Crippen MR) is 175 cm³/mol. The second-order valence-corrected chi connectivity index (χ2v) is 16.8. The van der Waals surface area contributed by atoms with Gasteiger partial charge in [-0.3, -0.25) is 4.79 Å². The number of phenols is 1. The molecule has 6 nitrogen and oxygen atoms in total. The van der Waals surface area contributed by atoms with E-state index in [2.05, 4.69) is 47.6 Å². The highest BCUT2D eigenvalue weighted by Gasteiger charge is 2.71. The standard InChI is InChI=1S/C39H54O6/c1-24-15-20-38(34(43)44)21-22-39(23-45-32(42)14-9-26-7-10-27(40)11-8-26)28(33(38)25(24)2)12-13-30-36(5)18-17-31(41)35(3,4)29(36)16-19-37(30,39)6/h7-12,14,24-25,29-31,33,40-41H,13,15-23H2,1-6H3,(H,43,44)/b14-9-/t24?,25-,29?,30?,31-,33-,36-,37+,38-,39?/m0/s1. The van der Waals surface area contributed by atoms with Crippen molar-refractivity contribution in [3.05, 3.63) is 47.6 Å². The minimum absolute atomic E-state index is 0.0281. The molecule has 0 aliphatic heterocycles. The lowest BCUT2D eigenvalue weighted by atomic mass is 9.33. The smallest absolute Gasteiger partial charge is 0.330 e. The molecular weight excluding hydrogens is 564 g/mol. The Morgan fingerprint density at radius 1 is 0.933 bits per heavy atom. The average molecular weight is 619 g/mol. The van der Waals surface area contributed by atoms with Crippen molar-refractivity contribution < 1.29 is 29.6 Å². The van der Waals surface area contributed by atoms with Gasteiger partial charge in [0.05, 0.1) is 11.5 Å². The number of carbonyl (C=O) groups is 2. The van der Waals surface area contributed by atoms with Gasteiger partial charge in [0.1, 0.15) is 12.4 Å². The fourth-order valence-electron chi connectivity index (χ4n) is 12.0. The van der Waals surface area contributed by atoms with Crippen LogP contribution in [0.25, 0.3) is 6.08 Å². The number of hydrogen-bond acceptors (Lipinski definition) is 5.